The van der Waals surface area contributed by atoms with E-state index >= 15 is 0 Å². The molecule has 0 bridgehead atoms. The van der Waals surface area contributed by atoms with Crippen LogP contribution in [0.4, 0.5) is 0 Å². The average molecular weight is 311 g/mol. The zero-order valence-corrected chi connectivity index (χ0v) is 12.7. The molecule has 0 atom stereocenters. The highest BCUT2D eigenvalue weighted by Gasteiger charge is 2.15. The van der Waals surface area contributed by atoms with Crippen LogP contribution in [0, 0.1) is 0 Å². The Morgan fingerprint density at radius 1 is 1.22 bits per heavy atom. The summed E-state index contributed by atoms with van der Waals surface area (Å²) in [5.41, 5.74) is 0.784. The van der Waals surface area contributed by atoms with Crippen LogP contribution in [0.2, 0.25) is 0 Å². The maximum atomic E-state index is 11.3. The minimum absolute atomic E-state index is 0.0747. The van der Waals surface area contributed by atoms with Gasteiger partial charge in [0.25, 0.3) is 0 Å². The van der Waals surface area contributed by atoms with E-state index in [0.29, 0.717) is 17.4 Å². The molecule has 5 heteroatoms. The van der Waals surface area contributed by atoms with Gasteiger partial charge in [0.2, 0.25) is 5.91 Å². The Morgan fingerprint density at radius 2 is 2.00 bits per heavy atom. The summed E-state index contributed by atoms with van der Waals surface area (Å²) in [7, 11) is 0. The van der Waals surface area contributed by atoms with Crippen LogP contribution < -0.4 is 15.2 Å². The van der Waals surface area contributed by atoms with Crippen LogP contribution in [0.25, 0.3) is 11.8 Å². The van der Waals surface area contributed by atoms with Gasteiger partial charge in [-0.1, -0.05) is 30.3 Å². The molecule has 3 rings (SSSR count). The molecule has 0 spiro atoms. The van der Waals surface area contributed by atoms with E-state index in [0.717, 1.165) is 21.8 Å². The molecule has 0 aliphatic carbocycles. The number of amides is 1. The van der Waals surface area contributed by atoms with Crippen molar-refractivity contribution in [3.63, 3.8) is 0 Å². The monoisotopic (exact) mass is 311 g/mol. The maximum absolute atomic E-state index is 11.3. The zero-order valence-electron chi connectivity index (χ0n) is 12.7. The first-order valence-electron chi connectivity index (χ1n) is 7.28. The van der Waals surface area contributed by atoms with Crippen molar-refractivity contribution >= 4 is 17.7 Å². The second-order valence-corrected chi connectivity index (χ2v) is 5.24. The van der Waals surface area contributed by atoms with E-state index in [4.69, 9.17) is 9.47 Å². The minimum Gasteiger partial charge on any atom is -0.496 e. The van der Waals surface area contributed by atoms with Crippen LogP contribution in [0.15, 0.2) is 48.5 Å². The molecule has 1 N–H and O–H groups in total. The van der Waals surface area contributed by atoms with E-state index in [1.54, 1.807) is 6.26 Å². The van der Waals surface area contributed by atoms with Crippen LogP contribution in [0.3, 0.4) is 0 Å². The first-order valence-corrected chi connectivity index (χ1v) is 7.28. The van der Waals surface area contributed by atoms with Crippen LogP contribution in [0.1, 0.15) is 6.92 Å². The summed E-state index contributed by atoms with van der Waals surface area (Å²) in [6, 6.07) is 15.1. The lowest BCUT2D eigenvalue weighted by Crippen LogP contribution is -2.38. The third kappa shape index (κ3) is 3.35. The number of fused-ring (bicyclic) bond motifs is 1. The number of rotatable bonds is 4. The summed E-state index contributed by atoms with van der Waals surface area (Å²) < 4.78 is 11.4. The average Bonchev–Trinajstić information content (AvgIpc) is 2.56. The fourth-order valence-electron chi connectivity index (χ4n) is 2.45. The predicted molar refractivity (Wildman–Crippen MR) is 85.2 cm³/mol. The molecular formula is C18H17NO4. The van der Waals surface area contributed by atoms with Gasteiger partial charge >= 0.3 is 0 Å². The van der Waals surface area contributed by atoms with Gasteiger partial charge in [-0.3, -0.25) is 10.0 Å². The Morgan fingerprint density at radius 3 is 2.74 bits per heavy atom. The van der Waals surface area contributed by atoms with E-state index < -0.39 is 5.91 Å². The Labute approximate surface area is 133 Å². The SMILES string of the molecule is CC(=O)N(O)CC1=c2c(Oc3ccccc3)cccc2=COC1. The molecule has 23 heavy (non-hydrogen) atoms. The molecule has 1 aliphatic rings. The first kappa shape index (κ1) is 15.1. The highest BCUT2D eigenvalue weighted by atomic mass is 16.5. The normalized spacial score (nSPS) is 12.7. The highest BCUT2D eigenvalue weighted by molar-refractivity contribution is 5.73. The second kappa shape index (κ2) is 6.54. The number of hydrogen-bond acceptors (Lipinski definition) is 4. The highest BCUT2D eigenvalue weighted by Crippen LogP contribution is 2.17. The van der Waals surface area contributed by atoms with Crippen molar-refractivity contribution < 1.29 is 19.5 Å². The van der Waals surface area contributed by atoms with Crippen molar-refractivity contribution in [2.75, 3.05) is 13.2 Å². The summed E-state index contributed by atoms with van der Waals surface area (Å²) in [5.74, 6) is 0.967. The lowest BCUT2D eigenvalue weighted by atomic mass is 10.1. The molecule has 2 aromatic carbocycles. The van der Waals surface area contributed by atoms with E-state index in [1.807, 2.05) is 48.5 Å². The largest absolute Gasteiger partial charge is 0.496 e. The molecule has 0 saturated carbocycles. The van der Waals surface area contributed by atoms with Crippen LogP contribution in [-0.2, 0) is 9.53 Å². The van der Waals surface area contributed by atoms with Crippen molar-refractivity contribution in [1.82, 2.24) is 5.06 Å². The lowest BCUT2D eigenvalue weighted by Gasteiger charge is -2.19. The molecule has 5 nitrogen and oxygen atoms in total. The number of ether oxygens (including phenoxy) is 2. The molecular weight excluding hydrogens is 294 g/mol. The fourth-order valence-corrected chi connectivity index (χ4v) is 2.45. The molecule has 0 fully saturated rings. The van der Waals surface area contributed by atoms with Gasteiger partial charge in [-0.25, -0.2) is 5.06 Å². The number of benzene rings is 2. The zero-order chi connectivity index (χ0) is 16.2. The summed E-state index contributed by atoms with van der Waals surface area (Å²) in [5, 5.41) is 12.1. The lowest BCUT2D eigenvalue weighted by molar-refractivity contribution is -0.159. The van der Waals surface area contributed by atoms with E-state index in [2.05, 4.69) is 0 Å². The molecule has 118 valence electrons. The van der Waals surface area contributed by atoms with Crippen LogP contribution >= 0.6 is 0 Å². The third-order valence-electron chi connectivity index (χ3n) is 3.56. The van der Waals surface area contributed by atoms with E-state index in [9.17, 15) is 10.0 Å². The minimum atomic E-state index is -0.421. The standard InChI is InChI=1S/C18H17NO4/c1-13(20)19(21)10-15-12-22-11-14-6-5-9-17(18(14)15)23-16-7-3-2-4-8-16/h2-9,11,21H,10,12H2,1H3. The van der Waals surface area contributed by atoms with Crippen molar-refractivity contribution in [2.24, 2.45) is 0 Å². The maximum Gasteiger partial charge on any atom is 0.243 e. The van der Waals surface area contributed by atoms with Gasteiger partial charge in [0, 0.05) is 22.9 Å². The van der Waals surface area contributed by atoms with E-state index in [-0.39, 0.29) is 6.54 Å². The molecule has 1 amide bonds. The molecule has 1 heterocycles. The molecule has 1 aliphatic heterocycles. The van der Waals surface area contributed by atoms with Crippen molar-refractivity contribution in [3.05, 3.63) is 59.0 Å². The van der Waals surface area contributed by atoms with Gasteiger partial charge in [0.05, 0.1) is 12.8 Å². The summed E-state index contributed by atoms with van der Waals surface area (Å²) in [6.07, 6.45) is 1.66. The summed E-state index contributed by atoms with van der Waals surface area (Å²) in [4.78, 5) is 11.3. The van der Waals surface area contributed by atoms with Crippen LogP contribution in [0.5, 0.6) is 11.5 Å². The number of carbonyl (C=O) groups excluding carboxylic acids is 1. The van der Waals surface area contributed by atoms with Gasteiger partial charge in [-0.2, -0.15) is 0 Å². The molecule has 2 aromatic rings. The van der Waals surface area contributed by atoms with Crippen LogP contribution in [-0.4, -0.2) is 29.3 Å². The molecule has 0 aromatic heterocycles. The smallest absolute Gasteiger partial charge is 0.243 e. The Balaban J connectivity index is 2.07. The second-order valence-electron chi connectivity index (χ2n) is 5.24. The van der Waals surface area contributed by atoms with Crippen molar-refractivity contribution in [3.8, 4) is 11.5 Å². The number of para-hydroxylation sites is 1. The number of hydrogen-bond donors (Lipinski definition) is 1. The Kier molecular flexibility index (Phi) is 4.30. The molecule has 0 saturated heterocycles. The summed E-state index contributed by atoms with van der Waals surface area (Å²) in [6.45, 7) is 1.68. The van der Waals surface area contributed by atoms with Gasteiger partial charge in [-0.15, -0.1) is 0 Å². The quantitative estimate of drug-likeness (QED) is 0.689. The third-order valence-corrected chi connectivity index (χ3v) is 3.56. The van der Waals surface area contributed by atoms with E-state index in [1.165, 1.54) is 6.92 Å². The Hall–Kier alpha value is -2.79. The van der Waals surface area contributed by atoms with Gasteiger partial charge in [0.1, 0.15) is 18.1 Å². The van der Waals surface area contributed by atoms with Crippen molar-refractivity contribution in [1.29, 1.82) is 0 Å². The molecule has 0 radical (unpaired) electrons. The number of hydroxylamine groups is 2. The van der Waals surface area contributed by atoms with Gasteiger partial charge in [0.15, 0.2) is 0 Å². The predicted octanol–water partition coefficient (Wildman–Crippen LogP) is 1.64. The number of carbonyl (C=O) groups is 1. The first-order chi connectivity index (χ1) is 11.1. The topological polar surface area (TPSA) is 59.0 Å². The summed E-state index contributed by atoms with van der Waals surface area (Å²) >= 11 is 0. The van der Waals surface area contributed by atoms with Gasteiger partial charge in [-0.05, 0) is 18.2 Å². The fraction of sp³-hybridized carbons (Fsp3) is 0.167. The Bertz CT molecular complexity index is 830. The molecule has 0 unspecified atom stereocenters. The van der Waals surface area contributed by atoms with Crippen molar-refractivity contribution in [2.45, 2.75) is 6.92 Å². The van der Waals surface area contributed by atoms with Gasteiger partial charge < -0.3 is 9.47 Å². The number of nitrogens with zero attached hydrogens (tertiary/aromatic N) is 1.